The van der Waals surface area contributed by atoms with Gasteiger partial charge < -0.3 is 7.85 Å². The van der Waals surface area contributed by atoms with Crippen LogP contribution in [0.15, 0.2) is 0 Å². The molecule has 0 aromatic rings. The summed E-state index contributed by atoms with van der Waals surface area (Å²) in [5.74, 6) is 0.576. The predicted octanol–water partition coefficient (Wildman–Crippen LogP) is 2.01. The van der Waals surface area contributed by atoms with Crippen molar-refractivity contribution in [3.63, 3.8) is 0 Å². The van der Waals surface area contributed by atoms with Crippen molar-refractivity contribution >= 4 is 7.85 Å². The Balaban J connectivity index is 3.54. The molecule has 7 heavy (non-hydrogen) atoms. The number of rotatable bonds is 1. The molecular weight excluding hydrogens is 82.9 g/mol. The molecule has 0 aliphatic rings. The molecule has 0 bridgehead atoms. The van der Waals surface area contributed by atoms with Gasteiger partial charge in [0.05, 0.1) is 0 Å². The molecule has 0 saturated carbocycles. The average molecular weight is 96.0 g/mol. The van der Waals surface area contributed by atoms with Crippen LogP contribution in [0.3, 0.4) is 0 Å². The molecule has 0 rings (SSSR count). The third-order valence-corrected chi connectivity index (χ3v) is 1.49. The van der Waals surface area contributed by atoms with Crippen molar-refractivity contribution in [2.45, 2.75) is 33.0 Å². The van der Waals surface area contributed by atoms with E-state index >= 15 is 0 Å². The molecule has 41 valence electrons. The Bertz CT molecular complexity index is 49.7. The lowest BCUT2D eigenvalue weighted by Crippen LogP contribution is -2.09. The van der Waals surface area contributed by atoms with Gasteiger partial charge in [0.15, 0.2) is 0 Å². The van der Waals surface area contributed by atoms with Gasteiger partial charge >= 0.3 is 0 Å². The molecule has 0 aromatic heterocycles. The second-order valence-electron chi connectivity index (χ2n) is 2.98. The van der Waals surface area contributed by atoms with Crippen LogP contribution in [0.25, 0.3) is 0 Å². The van der Waals surface area contributed by atoms with Crippen molar-refractivity contribution < 1.29 is 0 Å². The maximum absolute atomic E-state index is 5.68. The van der Waals surface area contributed by atoms with Gasteiger partial charge in [-0.3, -0.25) is 5.31 Å². The van der Waals surface area contributed by atoms with Gasteiger partial charge in [0.2, 0.25) is 0 Å². The standard InChI is InChI=1S/C6H13B/c1-5(2)6(3,4)7/h5H,1-4H3/q-1. The highest BCUT2D eigenvalue weighted by Gasteiger charge is 1.99. The van der Waals surface area contributed by atoms with E-state index in [2.05, 4.69) is 13.8 Å². The first kappa shape index (κ1) is 7.06. The highest BCUT2D eigenvalue weighted by molar-refractivity contribution is 6.14. The molecule has 1 heteroatoms. The zero-order chi connectivity index (χ0) is 6.08. The molecule has 0 spiro atoms. The lowest BCUT2D eigenvalue weighted by atomic mass is 9.65. The largest absolute Gasteiger partial charge is 0.617 e. The van der Waals surface area contributed by atoms with Gasteiger partial charge in [0, 0.05) is 0 Å². The second-order valence-corrected chi connectivity index (χ2v) is 2.98. The molecule has 0 saturated heterocycles. The minimum atomic E-state index is 0.000000000000000222. The molecular formula is C6H13B-. The van der Waals surface area contributed by atoms with Crippen molar-refractivity contribution in [3.8, 4) is 0 Å². The molecule has 0 amide bonds. The Morgan fingerprint density at radius 1 is 1.29 bits per heavy atom. The summed E-state index contributed by atoms with van der Waals surface area (Å²) in [6, 6.07) is 0. The zero-order valence-electron chi connectivity index (χ0n) is 5.65. The molecule has 0 unspecified atom stereocenters. The lowest BCUT2D eigenvalue weighted by molar-refractivity contribution is 0.480. The fourth-order valence-electron chi connectivity index (χ4n) is 0. The topological polar surface area (TPSA) is 0 Å². The minimum Gasteiger partial charge on any atom is -0.617 e. The monoisotopic (exact) mass is 96.1 g/mol. The first-order chi connectivity index (χ1) is 2.94. The van der Waals surface area contributed by atoms with E-state index in [4.69, 9.17) is 7.85 Å². The van der Waals surface area contributed by atoms with Crippen molar-refractivity contribution in [1.29, 1.82) is 0 Å². The van der Waals surface area contributed by atoms with Crippen LogP contribution >= 0.6 is 0 Å². The fraction of sp³-hybridized carbons (Fsp3) is 1.00. The number of hydrogen-bond acceptors (Lipinski definition) is 0. The first-order valence-electron chi connectivity index (χ1n) is 2.73. The molecule has 0 aliphatic heterocycles. The molecule has 0 aliphatic carbocycles. The van der Waals surface area contributed by atoms with Gasteiger partial charge in [-0.15, -0.1) is 0 Å². The zero-order valence-corrected chi connectivity index (χ0v) is 5.65. The highest BCUT2D eigenvalue weighted by atomic mass is 14.1. The summed E-state index contributed by atoms with van der Waals surface area (Å²) < 4.78 is 0. The van der Waals surface area contributed by atoms with Crippen LogP contribution in [0.4, 0.5) is 0 Å². The molecule has 0 heterocycles. The van der Waals surface area contributed by atoms with Crippen LogP contribution in [-0.4, -0.2) is 7.85 Å². The summed E-state index contributed by atoms with van der Waals surface area (Å²) in [6.07, 6.45) is 0. The van der Waals surface area contributed by atoms with Gasteiger partial charge in [-0.25, -0.2) is 0 Å². The SMILES string of the molecule is [B-]C(C)(C)C(C)C. The average Bonchev–Trinajstić information content (AvgIpc) is 1.31. The van der Waals surface area contributed by atoms with Crippen molar-refractivity contribution in [1.82, 2.24) is 0 Å². The number of hydrogen-bond donors (Lipinski definition) is 0. The van der Waals surface area contributed by atoms with E-state index < -0.39 is 0 Å². The first-order valence-corrected chi connectivity index (χ1v) is 2.73. The van der Waals surface area contributed by atoms with Gasteiger partial charge in [-0.2, -0.15) is 0 Å². The van der Waals surface area contributed by atoms with Crippen LogP contribution in [0.5, 0.6) is 0 Å². The summed E-state index contributed by atoms with van der Waals surface area (Å²) >= 11 is 0. The van der Waals surface area contributed by atoms with Crippen molar-refractivity contribution in [2.24, 2.45) is 5.92 Å². The lowest BCUT2D eigenvalue weighted by Gasteiger charge is -2.39. The van der Waals surface area contributed by atoms with Gasteiger partial charge in [-0.1, -0.05) is 33.6 Å². The molecule has 0 atom stereocenters. The molecule has 3 radical (unpaired) electrons. The van der Waals surface area contributed by atoms with E-state index in [0.29, 0.717) is 5.92 Å². The van der Waals surface area contributed by atoms with Gasteiger partial charge in [-0.05, 0) is 0 Å². The Morgan fingerprint density at radius 2 is 1.43 bits per heavy atom. The smallest absolute Gasteiger partial charge is 0.0656 e. The summed E-state index contributed by atoms with van der Waals surface area (Å²) in [5, 5.41) is 0.000000000000000222. The fourth-order valence-corrected chi connectivity index (χ4v) is 0. The molecule has 0 nitrogen and oxygen atoms in total. The third-order valence-electron chi connectivity index (χ3n) is 1.49. The third kappa shape index (κ3) is 2.72. The van der Waals surface area contributed by atoms with Crippen LogP contribution < -0.4 is 0 Å². The highest BCUT2D eigenvalue weighted by Crippen LogP contribution is 2.28. The van der Waals surface area contributed by atoms with E-state index in [0.717, 1.165) is 0 Å². The van der Waals surface area contributed by atoms with Crippen LogP contribution in [0.1, 0.15) is 27.7 Å². The summed E-state index contributed by atoms with van der Waals surface area (Å²) in [7, 11) is 5.68. The second kappa shape index (κ2) is 1.89. The van der Waals surface area contributed by atoms with Crippen LogP contribution in [-0.2, 0) is 0 Å². The minimum absolute atomic E-state index is 0.000000000000000222. The van der Waals surface area contributed by atoms with E-state index in [1.165, 1.54) is 0 Å². The predicted molar refractivity (Wildman–Crippen MR) is 34.6 cm³/mol. The van der Waals surface area contributed by atoms with Crippen molar-refractivity contribution in [3.05, 3.63) is 0 Å². The Kier molecular flexibility index (Phi) is 1.91. The summed E-state index contributed by atoms with van der Waals surface area (Å²) in [6.45, 7) is 8.33. The van der Waals surface area contributed by atoms with E-state index in [1.54, 1.807) is 0 Å². The van der Waals surface area contributed by atoms with E-state index in [-0.39, 0.29) is 5.31 Å². The maximum Gasteiger partial charge on any atom is -0.0656 e. The van der Waals surface area contributed by atoms with Gasteiger partial charge in [0.1, 0.15) is 0 Å². The van der Waals surface area contributed by atoms with Crippen molar-refractivity contribution in [2.75, 3.05) is 0 Å². The Morgan fingerprint density at radius 3 is 1.43 bits per heavy atom. The maximum atomic E-state index is 5.68. The molecule has 0 N–H and O–H groups in total. The Hall–Kier alpha value is 0.0649. The summed E-state index contributed by atoms with van der Waals surface area (Å²) in [5.41, 5.74) is 0. The Labute approximate surface area is 47.7 Å². The van der Waals surface area contributed by atoms with E-state index in [1.807, 2.05) is 13.8 Å². The van der Waals surface area contributed by atoms with Crippen LogP contribution in [0.2, 0.25) is 5.31 Å². The van der Waals surface area contributed by atoms with Crippen LogP contribution in [0, 0.1) is 5.92 Å². The molecule has 0 aromatic carbocycles. The van der Waals surface area contributed by atoms with E-state index in [9.17, 15) is 0 Å². The normalized spacial score (nSPS) is 12.9. The summed E-state index contributed by atoms with van der Waals surface area (Å²) in [4.78, 5) is 0. The molecule has 0 fully saturated rings. The van der Waals surface area contributed by atoms with Gasteiger partial charge in [0.25, 0.3) is 0 Å². The quantitative estimate of drug-likeness (QED) is 0.438.